The molecule has 154 valence electrons. The average Bonchev–Trinajstić information content (AvgIpc) is 2.71. The zero-order valence-electron chi connectivity index (χ0n) is 16.7. The predicted molar refractivity (Wildman–Crippen MR) is 109 cm³/mol. The third kappa shape index (κ3) is 6.53. The third-order valence-electron chi connectivity index (χ3n) is 3.92. The maximum atomic E-state index is 12.3. The molecule has 2 aromatic carbocycles. The Labute approximate surface area is 169 Å². The Morgan fingerprint density at radius 1 is 0.931 bits per heavy atom. The van der Waals surface area contributed by atoms with E-state index in [2.05, 4.69) is 16.0 Å². The number of rotatable bonds is 9. The van der Waals surface area contributed by atoms with Crippen LogP contribution in [0.3, 0.4) is 0 Å². The summed E-state index contributed by atoms with van der Waals surface area (Å²) < 4.78 is 10.6. The van der Waals surface area contributed by atoms with Crippen molar-refractivity contribution >= 4 is 23.4 Å². The molecule has 0 saturated heterocycles. The van der Waals surface area contributed by atoms with Gasteiger partial charge in [0.15, 0.2) is 0 Å². The Morgan fingerprint density at radius 2 is 1.66 bits per heavy atom. The summed E-state index contributed by atoms with van der Waals surface area (Å²) in [5.74, 6) is -0.359. The number of para-hydroxylation sites is 1. The highest BCUT2D eigenvalue weighted by Crippen LogP contribution is 2.24. The summed E-state index contributed by atoms with van der Waals surface area (Å²) in [6.07, 6.45) is 0. The van der Waals surface area contributed by atoms with Crippen LogP contribution in [0.4, 0.5) is 5.69 Å². The van der Waals surface area contributed by atoms with Gasteiger partial charge in [0.2, 0.25) is 11.8 Å². The van der Waals surface area contributed by atoms with E-state index in [0.29, 0.717) is 29.4 Å². The summed E-state index contributed by atoms with van der Waals surface area (Å²) in [4.78, 5) is 36.3. The third-order valence-corrected chi connectivity index (χ3v) is 3.92. The van der Waals surface area contributed by atoms with Crippen molar-refractivity contribution in [3.05, 3.63) is 53.6 Å². The molecule has 0 atom stereocenters. The number of methoxy groups -OCH3 is 1. The molecule has 3 amide bonds. The van der Waals surface area contributed by atoms with Crippen LogP contribution >= 0.6 is 0 Å². The highest BCUT2D eigenvalue weighted by molar-refractivity contribution is 5.99. The molecule has 3 N–H and O–H groups in total. The average molecular weight is 399 g/mol. The van der Waals surface area contributed by atoms with Crippen molar-refractivity contribution in [3.8, 4) is 11.5 Å². The molecule has 0 bridgehead atoms. The van der Waals surface area contributed by atoms with Crippen LogP contribution in [0.25, 0.3) is 0 Å². The van der Waals surface area contributed by atoms with Crippen LogP contribution in [-0.4, -0.2) is 44.5 Å². The normalized spacial score (nSPS) is 10.0. The smallest absolute Gasteiger partial charge is 0.255 e. The van der Waals surface area contributed by atoms with Gasteiger partial charge in [0.25, 0.3) is 5.91 Å². The SMILES string of the molecule is CCOc1ccccc1C(=O)NCC(=O)NCC(=O)Nc1cc(C)ccc1OC. The second-order valence-corrected chi connectivity index (χ2v) is 6.14. The second-order valence-electron chi connectivity index (χ2n) is 6.14. The molecule has 8 heteroatoms. The Hall–Kier alpha value is -3.55. The van der Waals surface area contributed by atoms with Crippen molar-refractivity contribution in [2.24, 2.45) is 0 Å². The molecule has 0 unspecified atom stereocenters. The summed E-state index contributed by atoms with van der Waals surface area (Å²) in [5, 5.41) is 7.66. The van der Waals surface area contributed by atoms with Crippen molar-refractivity contribution in [3.63, 3.8) is 0 Å². The molecule has 0 radical (unpaired) electrons. The molecule has 29 heavy (non-hydrogen) atoms. The van der Waals surface area contributed by atoms with Gasteiger partial charge >= 0.3 is 0 Å². The summed E-state index contributed by atoms with van der Waals surface area (Å²) in [6, 6.07) is 12.2. The van der Waals surface area contributed by atoms with Gasteiger partial charge in [-0.25, -0.2) is 0 Å². The van der Waals surface area contributed by atoms with Crippen LogP contribution < -0.4 is 25.4 Å². The number of hydrogen-bond acceptors (Lipinski definition) is 5. The number of aryl methyl sites for hydroxylation is 1. The van der Waals surface area contributed by atoms with E-state index >= 15 is 0 Å². The van der Waals surface area contributed by atoms with Gasteiger partial charge < -0.3 is 25.4 Å². The summed E-state index contributed by atoms with van der Waals surface area (Å²) in [7, 11) is 1.51. The molecular weight excluding hydrogens is 374 g/mol. The lowest BCUT2D eigenvalue weighted by Crippen LogP contribution is -2.40. The summed E-state index contributed by atoms with van der Waals surface area (Å²) in [5.41, 5.74) is 1.82. The first kappa shape index (κ1) is 21.7. The van der Waals surface area contributed by atoms with Gasteiger partial charge in [0.1, 0.15) is 11.5 Å². The van der Waals surface area contributed by atoms with E-state index in [1.165, 1.54) is 7.11 Å². The maximum absolute atomic E-state index is 12.3. The van der Waals surface area contributed by atoms with E-state index in [1.54, 1.807) is 36.4 Å². The first-order valence-corrected chi connectivity index (χ1v) is 9.15. The highest BCUT2D eigenvalue weighted by Gasteiger charge is 2.14. The molecular formula is C21H25N3O5. The number of carbonyl (C=O) groups excluding carboxylic acids is 3. The lowest BCUT2D eigenvalue weighted by molar-refractivity contribution is -0.123. The molecule has 2 rings (SSSR count). The lowest BCUT2D eigenvalue weighted by Gasteiger charge is -2.12. The zero-order valence-corrected chi connectivity index (χ0v) is 16.7. The minimum absolute atomic E-state index is 0.235. The number of benzene rings is 2. The lowest BCUT2D eigenvalue weighted by atomic mass is 10.2. The highest BCUT2D eigenvalue weighted by atomic mass is 16.5. The topological polar surface area (TPSA) is 106 Å². The number of hydrogen-bond donors (Lipinski definition) is 3. The van der Waals surface area contributed by atoms with Gasteiger partial charge in [-0.1, -0.05) is 18.2 Å². The Morgan fingerprint density at radius 3 is 2.38 bits per heavy atom. The number of carbonyl (C=O) groups is 3. The van der Waals surface area contributed by atoms with Crippen molar-refractivity contribution in [2.75, 3.05) is 32.1 Å². The fourth-order valence-electron chi connectivity index (χ4n) is 2.55. The van der Waals surface area contributed by atoms with Crippen LogP contribution in [0.2, 0.25) is 0 Å². The Kier molecular flexibility index (Phi) is 8.02. The van der Waals surface area contributed by atoms with Gasteiger partial charge in [-0.05, 0) is 43.7 Å². The van der Waals surface area contributed by atoms with Gasteiger partial charge in [0.05, 0.1) is 38.1 Å². The van der Waals surface area contributed by atoms with E-state index in [-0.39, 0.29) is 13.1 Å². The minimum Gasteiger partial charge on any atom is -0.495 e. The van der Waals surface area contributed by atoms with Crippen molar-refractivity contribution < 1.29 is 23.9 Å². The molecule has 0 aliphatic carbocycles. The summed E-state index contributed by atoms with van der Waals surface area (Å²) >= 11 is 0. The standard InChI is InChI=1S/C21H25N3O5/c1-4-29-17-8-6-5-7-15(17)21(27)23-12-19(25)22-13-20(26)24-16-11-14(2)9-10-18(16)28-3/h5-11H,4,12-13H2,1-3H3,(H,22,25)(H,23,27)(H,24,26). The molecule has 0 aliphatic heterocycles. The molecule has 0 heterocycles. The van der Waals surface area contributed by atoms with Crippen LogP contribution in [0.5, 0.6) is 11.5 Å². The summed E-state index contributed by atoms with van der Waals surface area (Å²) in [6.45, 7) is 3.63. The van der Waals surface area contributed by atoms with E-state index in [9.17, 15) is 14.4 Å². The van der Waals surface area contributed by atoms with Crippen molar-refractivity contribution in [2.45, 2.75) is 13.8 Å². The predicted octanol–water partition coefficient (Wildman–Crippen LogP) is 1.89. The number of ether oxygens (including phenoxy) is 2. The molecule has 2 aromatic rings. The first-order chi connectivity index (χ1) is 13.9. The number of nitrogens with one attached hydrogen (secondary N) is 3. The Bertz CT molecular complexity index is 882. The molecule has 8 nitrogen and oxygen atoms in total. The van der Waals surface area contributed by atoms with Crippen LogP contribution in [0, 0.1) is 6.92 Å². The van der Waals surface area contributed by atoms with Gasteiger partial charge in [-0.2, -0.15) is 0 Å². The molecule has 0 aromatic heterocycles. The number of amides is 3. The van der Waals surface area contributed by atoms with E-state index < -0.39 is 17.7 Å². The van der Waals surface area contributed by atoms with E-state index in [4.69, 9.17) is 9.47 Å². The first-order valence-electron chi connectivity index (χ1n) is 9.15. The fourth-order valence-corrected chi connectivity index (χ4v) is 2.55. The van der Waals surface area contributed by atoms with Crippen molar-refractivity contribution in [1.29, 1.82) is 0 Å². The molecule has 0 fully saturated rings. The monoisotopic (exact) mass is 399 g/mol. The maximum Gasteiger partial charge on any atom is 0.255 e. The van der Waals surface area contributed by atoms with Crippen LogP contribution in [0.15, 0.2) is 42.5 Å². The van der Waals surface area contributed by atoms with E-state index in [0.717, 1.165) is 5.56 Å². The molecule has 0 spiro atoms. The molecule has 0 aliphatic rings. The van der Waals surface area contributed by atoms with Gasteiger partial charge in [-0.3, -0.25) is 14.4 Å². The fraction of sp³-hybridized carbons (Fsp3) is 0.286. The number of anilines is 1. The van der Waals surface area contributed by atoms with Gasteiger partial charge in [0, 0.05) is 0 Å². The van der Waals surface area contributed by atoms with Crippen molar-refractivity contribution in [1.82, 2.24) is 10.6 Å². The van der Waals surface area contributed by atoms with Crippen LogP contribution in [-0.2, 0) is 9.59 Å². The Balaban J connectivity index is 1.82. The van der Waals surface area contributed by atoms with Gasteiger partial charge in [-0.15, -0.1) is 0 Å². The quantitative estimate of drug-likeness (QED) is 0.597. The van der Waals surface area contributed by atoms with E-state index in [1.807, 2.05) is 19.9 Å². The zero-order chi connectivity index (χ0) is 21.2. The molecule has 0 saturated carbocycles. The second kappa shape index (κ2) is 10.7. The van der Waals surface area contributed by atoms with Crippen LogP contribution in [0.1, 0.15) is 22.8 Å². The minimum atomic E-state index is -0.487. The largest absolute Gasteiger partial charge is 0.495 e.